The van der Waals surface area contributed by atoms with Gasteiger partial charge in [0.1, 0.15) is 11.8 Å². The van der Waals surface area contributed by atoms with E-state index < -0.39 is 0 Å². The number of nitrogens with two attached hydrogens (primary N) is 1. The first-order chi connectivity index (χ1) is 8.13. The van der Waals surface area contributed by atoms with Gasteiger partial charge in [-0.1, -0.05) is 0 Å². The van der Waals surface area contributed by atoms with Gasteiger partial charge in [-0.25, -0.2) is 15.0 Å². The van der Waals surface area contributed by atoms with Crippen molar-refractivity contribution in [3.05, 3.63) is 12.7 Å². The number of nitrogen functional groups attached to an aromatic ring is 1. The molecule has 0 saturated carbocycles. The Hall–Kier alpha value is -1.69. The normalized spacial score (nSPS) is 15.0. The second-order valence-corrected chi connectivity index (χ2v) is 4.21. The van der Waals surface area contributed by atoms with Crippen molar-refractivity contribution in [2.24, 2.45) is 0 Å². The molecule has 6 heteroatoms. The zero-order valence-electron chi connectivity index (χ0n) is 10.3. The highest BCUT2D eigenvalue weighted by atomic mass is 16.5. The standard InChI is InChI=1S/C11H17N5O/c1-7(4-8(2)17-3)16-6-15-9-10(12)13-5-14-11(9)16/h5-8H,4H2,1-3H3,(H2,12,13,14). The van der Waals surface area contributed by atoms with E-state index in [4.69, 9.17) is 10.5 Å². The maximum absolute atomic E-state index is 5.75. The van der Waals surface area contributed by atoms with Crippen molar-refractivity contribution in [2.75, 3.05) is 12.8 Å². The first-order valence-corrected chi connectivity index (χ1v) is 5.59. The second-order valence-electron chi connectivity index (χ2n) is 4.21. The predicted molar refractivity (Wildman–Crippen MR) is 65.5 cm³/mol. The fourth-order valence-electron chi connectivity index (χ4n) is 1.88. The van der Waals surface area contributed by atoms with Crippen LogP contribution in [-0.2, 0) is 4.74 Å². The Labute approximate surface area is 99.8 Å². The highest BCUT2D eigenvalue weighted by molar-refractivity contribution is 5.81. The third-order valence-electron chi connectivity index (χ3n) is 2.94. The lowest BCUT2D eigenvalue weighted by Gasteiger charge is -2.17. The Morgan fingerprint density at radius 2 is 2.12 bits per heavy atom. The number of hydrogen-bond donors (Lipinski definition) is 1. The van der Waals surface area contributed by atoms with Crippen LogP contribution in [0.25, 0.3) is 11.2 Å². The van der Waals surface area contributed by atoms with Crippen LogP contribution in [0, 0.1) is 0 Å². The minimum atomic E-state index is 0.196. The van der Waals surface area contributed by atoms with E-state index in [0.29, 0.717) is 11.3 Å². The molecule has 0 amide bonds. The summed E-state index contributed by atoms with van der Waals surface area (Å²) in [5.74, 6) is 0.417. The number of imidazole rings is 1. The van der Waals surface area contributed by atoms with E-state index in [9.17, 15) is 0 Å². The molecule has 0 aliphatic heterocycles. The van der Waals surface area contributed by atoms with Crippen LogP contribution < -0.4 is 5.73 Å². The number of methoxy groups -OCH3 is 1. The van der Waals surface area contributed by atoms with Crippen molar-refractivity contribution in [1.82, 2.24) is 19.5 Å². The van der Waals surface area contributed by atoms with Gasteiger partial charge >= 0.3 is 0 Å². The lowest BCUT2D eigenvalue weighted by molar-refractivity contribution is 0.0990. The van der Waals surface area contributed by atoms with Gasteiger partial charge in [-0.3, -0.25) is 0 Å². The molecule has 2 rings (SSSR count). The van der Waals surface area contributed by atoms with Crippen LogP contribution in [0.2, 0.25) is 0 Å². The van der Waals surface area contributed by atoms with Crippen LogP contribution in [-0.4, -0.2) is 32.7 Å². The molecular weight excluding hydrogens is 218 g/mol. The second kappa shape index (κ2) is 4.67. The molecule has 17 heavy (non-hydrogen) atoms. The van der Waals surface area contributed by atoms with Crippen LogP contribution in [0.4, 0.5) is 5.82 Å². The SMILES string of the molecule is COC(C)CC(C)n1cnc2c(N)ncnc21. The molecule has 0 fully saturated rings. The van der Waals surface area contributed by atoms with E-state index in [2.05, 4.69) is 21.9 Å². The molecular formula is C11H17N5O. The van der Waals surface area contributed by atoms with Crippen molar-refractivity contribution in [3.63, 3.8) is 0 Å². The highest BCUT2D eigenvalue weighted by Gasteiger charge is 2.14. The van der Waals surface area contributed by atoms with Crippen LogP contribution in [0.15, 0.2) is 12.7 Å². The molecule has 2 aromatic rings. The summed E-state index contributed by atoms with van der Waals surface area (Å²) in [5.41, 5.74) is 7.17. The zero-order chi connectivity index (χ0) is 12.4. The van der Waals surface area contributed by atoms with E-state index in [0.717, 1.165) is 12.1 Å². The monoisotopic (exact) mass is 235 g/mol. The first kappa shape index (κ1) is 11.8. The van der Waals surface area contributed by atoms with Gasteiger partial charge < -0.3 is 15.0 Å². The third kappa shape index (κ3) is 2.21. The number of anilines is 1. The molecule has 0 radical (unpaired) electrons. The Balaban J connectivity index is 2.33. The molecule has 2 N–H and O–H groups in total. The van der Waals surface area contributed by atoms with E-state index in [1.54, 1.807) is 13.4 Å². The minimum Gasteiger partial charge on any atom is -0.382 e. The zero-order valence-corrected chi connectivity index (χ0v) is 10.3. The number of fused-ring (bicyclic) bond motifs is 1. The molecule has 0 aliphatic rings. The Bertz CT molecular complexity index is 510. The number of ether oxygens (including phenoxy) is 1. The molecule has 0 aromatic carbocycles. The summed E-state index contributed by atoms with van der Waals surface area (Å²) >= 11 is 0. The van der Waals surface area contributed by atoms with Crippen LogP contribution in [0.3, 0.4) is 0 Å². The molecule has 2 atom stereocenters. The molecule has 2 heterocycles. The molecule has 0 bridgehead atoms. The molecule has 92 valence electrons. The molecule has 0 spiro atoms. The smallest absolute Gasteiger partial charge is 0.165 e. The number of rotatable bonds is 4. The van der Waals surface area contributed by atoms with E-state index in [-0.39, 0.29) is 12.1 Å². The summed E-state index contributed by atoms with van der Waals surface area (Å²) in [7, 11) is 1.71. The fraction of sp³-hybridized carbons (Fsp3) is 0.545. The maximum atomic E-state index is 5.75. The average molecular weight is 235 g/mol. The molecule has 0 saturated heterocycles. The summed E-state index contributed by atoms with van der Waals surface area (Å²) in [5, 5.41) is 0. The van der Waals surface area contributed by atoms with E-state index in [1.165, 1.54) is 6.33 Å². The lowest BCUT2D eigenvalue weighted by Crippen LogP contribution is -2.14. The first-order valence-electron chi connectivity index (χ1n) is 5.59. The number of hydrogen-bond acceptors (Lipinski definition) is 5. The van der Waals surface area contributed by atoms with Crippen molar-refractivity contribution in [2.45, 2.75) is 32.4 Å². The van der Waals surface area contributed by atoms with Crippen molar-refractivity contribution in [3.8, 4) is 0 Å². The van der Waals surface area contributed by atoms with Gasteiger partial charge in [0.25, 0.3) is 0 Å². The third-order valence-corrected chi connectivity index (χ3v) is 2.94. The van der Waals surface area contributed by atoms with Gasteiger partial charge in [-0.05, 0) is 20.3 Å². The van der Waals surface area contributed by atoms with Gasteiger partial charge in [0.2, 0.25) is 0 Å². The highest BCUT2D eigenvalue weighted by Crippen LogP contribution is 2.21. The topological polar surface area (TPSA) is 78.9 Å². The van der Waals surface area contributed by atoms with Crippen LogP contribution in [0.5, 0.6) is 0 Å². The minimum absolute atomic E-state index is 0.196. The summed E-state index contributed by atoms with van der Waals surface area (Å²) in [6, 6.07) is 0.254. The summed E-state index contributed by atoms with van der Waals surface area (Å²) < 4.78 is 7.27. The lowest BCUT2D eigenvalue weighted by atomic mass is 10.1. The van der Waals surface area contributed by atoms with Gasteiger partial charge in [0.15, 0.2) is 11.5 Å². The Morgan fingerprint density at radius 1 is 1.35 bits per heavy atom. The van der Waals surface area contributed by atoms with Crippen LogP contribution >= 0.6 is 0 Å². The van der Waals surface area contributed by atoms with Crippen molar-refractivity contribution in [1.29, 1.82) is 0 Å². The van der Waals surface area contributed by atoms with E-state index in [1.807, 2.05) is 11.5 Å². The maximum Gasteiger partial charge on any atom is 0.165 e. The fourth-order valence-corrected chi connectivity index (χ4v) is 1.88. The number of aromatic nitrogens is 4. The van der Waals surface area contributed by atoms with E-state index >= 15 is 0 Å². The van der Waals surface area contributed by atoms with Gasteiger partial charge in [-0.15, -0.1) is 0 Å². The predicted octanol–water partition coefficient (Wildman–Crippen LogP) is 1.39. The summed E-state index contributed by atoms with van der Waals surface area (Å²) in [4.78, 5) is 12.4. The van der Waals surface area contributed by atoms with Crippen LogP contribution in [0.1, 0.15) is 26.3 Å². The molecule has 2 unspecified atom stereocenters. The van der Waals surface area contributed by atoms with Crippen molar-refractivity contribution >= 4 is 17.0 Å². The molecule has 2 aromatic heterocycles. The summed E-state index contributed by atoms with van der Waals surface area (Å²) in [6.45, 7) is 4.15. The van der Waals surface area contributed by atoms with Gasteiger partial charge in [0, 0.05) is 13.2 Å². The Kier molecular flexibility index (Phi) is 3.23. The Morgan fingerprint density at radius 3 is 2.82 bits per heavy atom. The van der Waals surface area contributed by atoms with Gasteiger partial charge in [0.05, 0.1) is 12.4 Å². The quantitative estimate of drug-likeness (QED) is 0.866. The molecule has 0 aliphatic carbocycles. The van der Waals surface area contributed by atoms with Gasteiger partial charge in [-0.2, -0.15) is 0 Å². The average Bonchev–Trinajstić information content (AvgIpc) is 2.74. The van der Waals surface area contributed by atoms with Crippen molar-refractivity contribution < 1.29 is 4.74 Å². The summed E-state index contributed by atoms with van der Waals surface area (Å²) in [6.07, 6.45) is 4.30. The largest absolute Gasteiger partial charge is 0.382 e. The number of nitrogens with zero attached hydrogens (tertiary/aromatic N) is 4. The molecule has 6 nitrogen and oxygen atoms in total.